The van der Waals surface area contributed by atoms with Gasteiger partial charge in [-0.05, 0) is 53.4 Å². The fourth-order valence-corrected chi connectivity index (χ4v) is 3.81. The van der Waals surface area contributed by atoms with Crippen LogP contribution in [0.25, 0.3) is 28.3 Å². The van der Waals surface area contributed by atoms with Gasteiger partial charge in [-0.1, -0.05) is 54.1 Å². The normalized spacial score (nSPS) is 12.5. The van der Waals surface area contributed by atoms with Crippen LogP contribution >= 0.6 is 11.6 Å². The van der Waals surface area contributed by atoms with Crippen molar-refractivity contribution in [3.63, 3.8) is 0 Å². The number of hydrogen-bond donors (Lipinski definition) is 1. The molecule has 1 aliphatic heterocycles. The predicted molar refractivity (Wildman–Crippen MR) is 115 cm³/mol. The molecule has 1 aliphatic rings. The SMILES string of the molecule is Cc1c(C(N)=O)cc(-c2cccc3c2=CC=CCN=3)c(-c2cccc(Cl)c2)c1F. The molecule has 144 valence electrons. The maximum atomic E-state index is 15.6. The van der Waals surface area contributed by atoms with E-state index in [2.05, 4.69) is 4.99 Å². The van der Waals surface area contributed by atoms with Crippen molar-refractivity contribution in [1.29, 1.82) is 0 Å². The minimum atomic E-state index is -0.670. The van der Waals surface area contributed by atoms with Gasteiger partial charge in [0, 0.05) is 21.4 Å². The molecular formula is C24H18ClFN2O. The number of allylic oxidation sites excluding steroid dienone is 1. The second-order valence-electron chi connectivity index (χ2n) is 6.83. The van der Waals surface area contributed by atoms with Crippen LogP contribution in [0.3, 0.4) is 0 Å². The van der Waals surface area contributed by atoms with Gasteiger partial charge in [0.25, 0.3) is 0 Å². The molecule has 0 atom stereocenters. The highest BCUT2D eigenvalue weighted by molar-refractivity contribution is 6.30. The number of nitrogens with two attached hydrogens (primary N) is 1. The molecule has 0 fully saturated rings. The highest BCUT2D eigenvalue weighted by atomic mass is 35.5. The lowest BCUT2D eigenvalue weighted by molar-refractivity contribution is 0.0999. The molecule has 1 amide bonds. The van der Waals surface area contributed by atoms with Crippen molar-refractivity contribution in [2.75, 3.05) is 6.54 Å². The van der Waals surface area contributed by atoms with Gasteiger partial charge in [0.1, 0.15) is 5.82 Å². The Labute approximate surface area is 172 Å². The van der Waals surface area contributed by atoms with Crippen molar-refractivity contribution in [3.8, 4) is 22.3 Å². The first-order chi connectivity index (χ1) is 14.0. The standard InChI is InChI=1S/C24H18ClFN2O/c1-14-19(24(27)29)13-20(22(23(14)26)15-6-4-7-16(25)12-15)17-9-5-10-21-18(17)8-2-3-11-28-21/h2-10,12-13H,11H2,1H3,(H2,27,29). The number of amides is 1. The Bertz CT molecular complexity index is 1290. The van der Waals surface area contributed by atoms with Crippen molar-refractivity contribution >= 4 is 23.6 Å². The number of halogens is 2. The van der Waals surface area contributed by atoms with Crippen LogP contribution in [0.1, 0.15) is 15.9 Å². The molecule has 2 N–H and O–H groups in total. The Kier molecular flexibility index (Phi) is 5.03. The molecular weight excluding hydrogens is 387 g/mol. The van der Waals surface area contributed by atoms with Gasteiger partial charge >= 0.3 is 0 Å². The molecule has 3 aromatic rings. The summed E-state index contributed by atoms with van der Waals surface area (Å²) < 4.78 is 15.6. The van der Waals surface area contributed by atoms with Gasteiger partial charge in [-0.15, -0.1) is 0 Å². The number of primary amides is 1. The first-order valence-corrected chi connectivity index (χ1v) is 9.54. The van der Waals surface area contributed by atoms with E-state index in [0.717, 1.165) is 16.1 Å². The second kappa shape index (κ2) is 7.64. The lowest BCUT2D eigenvalue weighted by Gasteiger charge is -2.17. The van der Waals surface area contributed by atoms with Gasteiger partial charge in [0.15, 0.2) is 0 Å². The maximum absolute atomic E-state index is 15.6. The lowest BCUT2D eigenvalue weighted by atomic mass is 9.88. The molecule has 0 saturated heterocycles. The fourth-order valence-electron chi connectivity index (χ4n) is 3.62. The monoisotopic (exact) mass is 404 g/mol. The molecule has 4 rings (SSSR count). The first-order valence-electron chi connectivity index (χ1n) is 9.17. The quantitative estimate of drug-likeness (QED) is 0.699. The van der Waals surface area contributed by atoms with Gasteiger partial charge in [-0.2, -0.15) is 0 Å². The molecule has 3 nitrogen and oxygen atoms in total. The summed E-state index contributed by atoms with van der Waals surface area (Å²) in [5, 5.41) is 2.18. The summed E-state index contributed by atoms with van der Waals surface area (Å²) in [4.78, 5) is 16.6. The Hall–Kier alpha value is -3.24. The van der Waals surface area contributed by atoms with Crippen molar-refractivity contribution in [2.24, 2.45) is 10.7 Å². The van der Waals surface area contributed by atoms with E-state index in [9.17, 15) is 4.79 Å². The summed E-state index contributed by atoms with van der Waals surface area (Å²) in [7, 11) is 0. The predicted octanol–water partition coefficient (Wildman–Crippen LogP) is 4.19. The molecule has 0 radical (unpaired) electrons. The fraction of sp³-hybridized carbons (Fsp3) is 0.0833. The van der Waals surface area contributed by atoms with E-state index >= 15 is 4.39 Å². The van der Waals surface area contributed by atoms with Crippen LogP contribution < -0.4 is 16.3 Å². The smallest absolute Gasteiger partial charge is 0.249 e. The minimum absolute atomic E-state index is 0.155. The van der Waals surface area contributed by atoms with E-state index in [-0.39, 0.29) is 11.1 Å². The number of carbonyl (C=O) groups is 1. The number of carbonyl (C=O) groups excluding carboxylic acids is 1. The van der Waals surface area contributed by atoms with Crippen LogP contribution in [0.5, 0.6) is 0 Å². The Morgan fingerprint density at radius 1 is 1.14 bits per heavy atom. The molecule has 0 spiro atoms. The third-order valence-electron chi connectivity index (χ3n) is 5.03. The molecule has 3 aromatic carbocycles. The molecule has 0 bridgehead atoms. The summed E-state index contributed by atoms with van der Waals surface area (Å²) in [6.07, 6.45) is 5.83. The highest BCUT2D eigenvalue weighted by Crippen LogP contribution is 2.37. The largest absolute Gasteiger partial charge is 0.366 e. The van der Waals surface area contributed by atoms with E-state index in [1.807, 2.05) is 36.4 Å². The van der Waals surface area contributed by atoms with Gasteiger partial charge in [-0.3, -0.25) is 9.79 Å². The third-order valence-corrected chi connectivity index (χ3v) is 5.26. The zero-order valence-corrected chi connectivity index (χ0v) is 16.5. The minimum Gasteiger partial charge on any atom is -0.366 e. The second-order valence-corrected chi connectivity index (χ2v) is 7.27. The van der Waals surface area contributed by atoms with Crippen LogP contribution in [-0.4, -0.2) is 12.5 Å². The summed E-state index contributed by atoms with van der Waals surface area (Å²) in [5.74, 6) is -1.16. The lowest BCUT2D eigenvalue weighted by Crippen LogP contribution is -2.27. The first kappa shape index (κ1) is 19.1. The average Bonchev–Trinajstić information content (AvgIpc) is 2.95. The summed E-state index contributed by atoms with van der Waals surface area (Å²) in [6, 6.07) is 14.4. The van der Waals surface area contributed by atoms with Crippen LogP contribution in [0.15, 0.2) is 65.7 Å². The van der Waals surface area contributed by atoms with Crippen molar-refractivity contribution in [3.05, 3.63) is 93.2 Å². The van der Waals surface area contributed by atoms with E-state index in [1.54, 1.807) is 37.3 Å². The van der Waals surface area contributed by atoms with Gasteiger partial charge in [0.05, 0.1) is 11.9 Å². The summed E-state index contributed by atoms with van der Waals surface area (Å²) >= 11 is 6.18. The highest BCUT2D eigenvalue weighted by Gasteiger charge is 2.21. The zero-order valence-electron chi connectivity index (χ0n) is 15.7. The Morgan fingerprint density at radius 2 is 1.93 bits per heavy atom. The van der Waals surface area contributed by atoms with Crippen molar-refractivity contribution in [1.82, 2.24) is 0 Å². The van der Waals surface area contributed by atoms with Crippen LogP contribution in [0, 0.1) is 12.7 Å². The van der Waals surface area contributed by atoms with E-state index < -0.39 is 11.7 Å². The third kappa shape index (κ3) is 3.47. The van der Waals surface area contributed by atoms with E-state index in [1.165, 1.54) is 0 Å². The summed E-state index contributed by atoms with van der Waals surface area (Å²) in [6.45, 7) is 2.13. The summed E-state index contributed by atoms with van der Waals surface area (Å²) in [5.41, 5.74) is 8.26. The van der Waals surface area contributed by atoms with Crippen molar-refractivity contribution in [2.45, 2.75) is 6.92 Å². The van der Waals surface area contributed by atoms with Gasteiger partial charge < -0.3 is 5.73 Å². The number of fused-ring (bicyclic) bond motifs is 1. The molecule has 5 heteroatoms. The van der Waals surface area contributed by atoms with Crippen LogP contribution in [-0.2, 0) is 0 Å². The van der Waals surface area contributed by atoms with Gasteiger partial charge in [-0.25, -0.2) is 4.39 Å². The maximum Gasteiger partial charge on any atom is 0.249 e. The molecule has 0 aliphatic carbocycles. The number of benzene rings is 3. The zero-order chi connectivity index (χ0) is 20.5. The number of nitrogens with zero attached hydrogens (tertiary/aromatic N) is 1. The van der Waals surface area contributed by atoms with Crippen LogP contribution in [0.4, 0.5) is 4.39 Å². The molecule has 1 heterocycles. The van der Waals surface area contributed by atoms with E-state index in [4.69, 9.17) is 17.3 Å². The number of rotatable bonds is 3. The Morgan fingerprint density at radius 3 is 2.69 bits per heavy atom. The number of hydrogen-bond acceptors (Lipinski definition) is 2. The molecule has 0 saturated carbocycles. The van der Waals surface area contributed by atoms with Crippen molar-refractivity contribution < 1.29 is 9.18 Å². The topological polar surface area (TPSA) is 55.5 Å². The molecule has 29 heavy (non-hydrogen) atoms. The van der Waals surface area contributed by atoms with Gasteiger partial charge in [0.2, 0.25) is 5.91 Å². The van der Waals surface area contributed by atoms with Crippen LogP contribution in [0.2, 0.25) is 5.02 Å². The molecule has 0 aromatic heterocycles. The molecule has 0 unspecified atom stereocenters. The average molecular weight is 405 g/mol. The van der Waals surface area contributed by atoms with E-state index in [0.29, 0.717) is 28.3 Å². The Balaban J connectivity index is 2.16.